The van der Waals surface area contributed by atoms with E-state index in [1.54, 1.807) is 0 Å². The SMILES string of the molecule is CCC[C@H](CC)OC(=O)N1C2CCC1CC(N1CCC3(CC1)CN(C(=O)C1CC1)Cc1ccccc13)C2. The van der Waals surface area contributed by atoms with Crippen molar-refractivity contribution in [3.05, 3.63) is 35.4 Å². The normalized spacial score (nSPS) is 29.7. The minimum atomic E-state index is -0.0666. The predicted molar refractivity (Wildman–Crippen MR) is 144 cm³/mol. The summed E-state index contributed by atoms with van der Waals surface area (Å²) in [5, 5.41) is 0. The summed E-state index contributed by atoms with van der Waals surface area (Å²) in [6.45, 7) is 8.11. The van der Waals surface area contributed by atoms with Gasteiger partial charge in [-0.25, -0.2) is 4.79 Å². The number of amides is 2. The van der Waals surface area contributed by atoms with Crippen LogP contribution < -0.4 is 0 Å². The third-order valence-electron chi connectivity index (χ3n) is 10.2. The molecule has 3 atom stereocenters. The van der Waals surface area contributed by atoms with E-state index in [0.717, 1.165) is 96.8 Å². The minimum Gasteiger partial charge on any atom is -0.446 e. The Morgan fingerprint density at radius 2 is 1.70 bits per heavy atom. The zero-order valence-corrected chi connectivity index (χ0v) is 22.9. The highest BCUT2D eigenvalue weighted by Gasteiger charge is 2.49. The quantitative estimate of drug-likeness (QED) is 0.511. The summed E-state index contributed by atoms with van der Waals surface area (Å²) in [5.74, 6) is 0.667. The van der Waals surface area contributed by atoms with Gasteiger partial charge in [0.15, 0.2) is 0 Å². The molecule has 4 fully saturated rings. The third kappa shape index (κ3) is 4.79. The zero-order valence-electron chi connectivity index (χ0n) is 22.9. The van der Waals surface area contributed by atoms with Crippen LogP contribution in [0.25, 0.3) is 0 Å². The van der Waals surface area contributed by atoms with Crippen LogP contribution in [0.5, 0.6) is 0 Å². The lowest BCUT2D eigenvalue weighted by Gasteiger charge is -2.51. The molecule has 1 aromatic carbocycles. The Labute approximate surface area is 222 Å². The first kappa shape index (κ1) is 25.2. The van der Waals surface area contributed by atoms with Gasteiger partial charge in [0.25, 0.3) is 0 Å². The molecule has 6 rings (SSSR count). The number of ether oxygens (including phenoxy) is 1. The molecule has 2 bridgehead atoms. The van der Waals surface area contributed by atoms with Crippen LogP contribution in [0.4, 0.5) is 4.79 Å². The van der Waals surface area contributed by atoms with E-state index in [1.165, 1.54) is 11.1 Å². The first-order valence-electron chi connectivity index (χ1n) is 15.1. The Balaban J connectivity index is 1.11. The maximum atomic E-state index is 13.1. The van der Waals surface area contributed by atoms with Gasteiger partial charge >= 0.3 is 6.09 Å². The van der Waals surface area contributed by atoms with E-state index in [4.69, 9.17) is 4.74 Å². The highest BCUT2D eigenvalue weighted by molar-refractivity contribution is 5.81. The van der Waals surface area contributed by atoms with Gasteiger partial charge in [0.05, 0.1) is 0 Å². The van der Waals surface area contributed by atoms with E-state index in [9.17, 15) is 9.59 Å². The number of carbonyl (C=O) groups is 2. The lowest BCUT2D eigenvalue weighted by molar-refractivity contribution is -0.135. The molecule has 5 aliphatic rings. The zero-order chi connectivity index (χ0) is 25.6. The first-order chi connectivity index (χ1) is 18.0. The molecule has 0 radical (unpaired) electrons. The Hall–Kier alpha value is -2.08. The number of rotatable bonds is 6. The fraction of sp³-hybridized carbons (Fsp3) is 0.742. The summed E-state index contributed by atoms with van der Waals surface area (Å²) in [6, 6.07) is 10.1. The molecule has 202 valence electrons. The monoisotopic (exact) mass is 507 g/mol. The molecule has 6 nitrogen and oxygen atoms in total. The summed E-state index contributed by atoms with van der Waals surface area (Å²) >= 11 is 0. The van der Waals surface area contributed by atoms with Gasteiger partial charge in [-0.05, 0) is 88.4 Å². The van der Waals surface area contributed by atoms with E-state index in [1.807, 2.05) is 0 Å². The number of carbonyl (C=O) groups excluding carboxylic acids is 2. The van der Waals surface area contributed by atoms with E-state index in [2.05, 4.69) is 52.8 Å². The summed E-state index contributed by atoms with van der Waals surface area (Å²) in [6.07, 6.45) is 11.6. The van der Waals surface area contributed by atoms with Crippen LogP contribution in [0.3, 0.4) is 0 Å². The van der Waals surface area contributed by atoms with Gasteiger partial charge in [0, 0.05) is 42.5 Å². The molecular weight excluding hydrogens is 462 g/mol. The Morgan fingerprint density at radius 3 is 2.35 bits per heavy atom. The van der Waals surface area contributed by atoms with Gasteiger partial charge in [-0.2, -0.15) is 0 Å². The van der Waals surface area contributed by atoms with Crippen LogP contribution >= 0.6 is 0 Å². The summed E-state index contributed by atoms with van der Waals surface area (Å²) < 4.78 is 5.94. The maximum Gasteiger partial charge on any atom is 0.410 e. The van der Waals surface area contributed by atoms with Gasteiger partial charge in [0.1, 0.15) is 6.10 Å². The van der Waals surface area contributed by atoms with Crippen molar-refractivity contribution in [2.75, 3.05) is 19.6 Å². The third-order valence-corrected chi connectivity index (χ3v) is 10.2. The van der Waals surface area contributed by atoms with Crippen molar-refractivity contribution in [3.8, 4) is 0 Å². The number of fused-ring (bicyclic) bond motifs is 4. The lowest BCUT2D eigenvalue weighted by atomic mass is 9.68. The van der Waals surface area contributed by atoms with Crippen LogP contribution in [-0.4, -0.2) is 70.6 Å². The van der Waals surface area contributed by atoms with Crippen LogP contribution in [0.1, 0.15) is 95.6 Å². The second-order valence-electron chi connectivity index (χ2n) is 12.6. The van der Waals surface area contributed by atoms with E-state index >= 15 is 0 Å². The molecule has 2 unspecified atom stereocenters. The lowest BCUT2D eigenvalue weighted by Crippen LogP contribution is -2.58. The molecule has 0 N–H and O–H groups in total. The number of benzene rings is 1. The largest absolute Gasteiger partial charge is 0.446 e. The first-order valence-corrected chi connectivity index (χ1v) is 15.1. The van der Waals surface area contributed by atoms with E-state index in [0.29, 0.717) is 24.0 Å². The Bertz CT molecular complexity index is 985. The second-order valence-corrected chi connectivity index (χ2v) is 12.6. The van der Waals surface area contributed by atoms with Crippen LogP contribution in [-0.2, 0) is 21.5 Å². The fourth-order valence-electron chi connectivity index (χ4n) is 7.99. The van der Waals surface area contributed by atoms with E-state index in [-0.39, 0.29) is 23.5 Å². The molecule has 1 spiro atoms. The smallest absolute Gasteiger partial charge is 0.410 e. The number of hydrogen-bond acceptors (Lipinski definition) is 4. The van der Waals surface area contributed by atoms with Crippen molar-refractivity contribution in [1.29, 1.82) is 0 Å². The molecule has 1 aromatic rings. The Morgan fingerprint density at radius 1 is 1.00 bits per heavy atom. The second kappa shape index (κ2) is 10.2. The van der Waals surface area contributed by atoms with Gasteiger partial charge in [-0.1, -0.05) is 44.5 Å². The van der Waals surface area contributed by atoms with Crippen LogP contribution in [0.2, 0.25) is 0 Å². The number of likely N-dealkylation sites (tertiary alicyclic amines) is 1. The molecule has 6 heteroatoms. The van der Waals surface area contributed by atoms with Crippen LogP contribution in [0, 0.1) is 5.92 Å². The van der Waals surface area contributed by atoms with Gasteiger partial charge in [-0.3, -0.25) is 4.79 Å². The van der Waals surface area contributed by atoms with Gasteiger partial charge < -0.3 is 19.4 Å². The van der Waals surface area contributed by atoms with Crippen LogP contribution in [0.15, 0.2) is 24.3 Å². The number of piperidine rings is 2. The summed E-state index contributed by atoms with van der Waals surface area (Å²) in [7, 11) is 0. The Kier molecular flexibility index (Phi) is 6.98. The van der Waals surface area contributed by atoms with Gasteiger partial charge in [0.2, 0.25) is 5.91 Å². The fourth-order valence-corrected chi connectivity index (χ4v) is 7.99. The van der Waals surface area contributed by atoms with Crippen molar-refractivity contribution in [1.82, 2.24) is 14.7 Å². The molecular formula is C31H45N3O3. The summed E-state index contributed by atoms with van der Waals surface area (Å²) in [4.78, 5) is 33.2. The molecule has 37 heavy (non-hydrogen) atoms. The molecule has 4 heterocycles. The predicted octanol–water partition coefficient (Wildman–Crippen LogP) is 5.48. The maximum absolute atomic E-state index is 13.1. The minimum absolute atomic E-state index is 0.0534. The van der Waals surface area contributed by atoms with Crippen molar-refractivity contribution in [3.63, 3.8) is 0 Å². The topological polar surface area (TPSA) is 53.1 Å². The highest BCUT2D eigenvalue weighted by atomic mass is 16.6. The van der Waals surface area contributed by atoms with Crippen molar-refractivity contribution in [2.24, 2.45) is 5.92 Å². The average molecular weight is 508 g/mol. The number of hydrogen-bond donors (Lipinski definition) is 0. The van der Waals surface area contributed by atoms with E-state index < -0.39 is 0 Å². The number of nitrogens with zero attached hydrogens (tertiary/aromatic N) is 3. The van der Waals surface area contributed by atoms with Crippen molar-refractivity contribution >= 4 is 12.0 Å². The average Bonchev–Trinajstić information content (AvgIpc) is 3.73. The van der Waals surface area contributed by atoms with Gasteiger partial charge in [-0.15, -0.1) is 0 Å². The standard InChI is InChI=1S/C31H45N3O3/c1-3-7-27(4-2)37-30(36)34-24-12-13-25(34)19-26(18-24)32-16-14-31(15-17-32)21-33(29(35)22-10-11-22)20-23-8-5-6-9-28(23)31/h5-6,8-9,22,24-27H,3-4,7,10-21H2,1-2H3/t24?,25?,26?,27-/m0/s1. The highest BCUT2D eigenvalue weighted by Crippen LogP contribution is 2.45. The summed E-state index contributed by atoms with van der Waals surface area (Å²) in [5.41, 5.74) is 2.94. The molecule has 2 amide bonds. The molecule has 0 aromatic heterocycles. The molecule has 1 aliphatic carbocycles. The molecule has 4 aliphatic heterocycles. The molecule has 3 saturated heterocycles. The molecule has 1 saturated carbocycles. The van der Waals surface area contributed by atoms with Crippen molar-refractivity contribution in [2.45, 2.75) is 121 Å². The van der Waals surface area contributed by atoms with Crippen molar-refractivity contribution < 1.29 is 14.3 Å².